The fourth-order valence-corrected chi connectivity index (χ4v) is 1.32. The molecule has 1 amide bonds. The van der Waals surface area contributed by atoms with Crippen LogP contribution in [0.5, 0.6) is 5.75 Å². The third-order valence-corrected chi connectivity index (χ3v) is 2.03. The molecule has 0 aromatic heterocycles. The first-order valence-electron chi connectivity index (χ1n) is 4.68. The molecule has 0 aliphatic rings. The number of amides is 1. The standard InChI is InChI=1S/C10H10ClF2NO3/c11-6-1-2-8(17-10(12)13)7(5-6)9(16)14-3-4-15/h1-2,5,10,15H,3-4H2,(H,14,16). The SMILES string of the molecule is O=C(NCCO)c1cc(Cl)ccc1OC(F)F. The lowest BCUT2D eigenvalue weighted by Gasteiger charge is -2.10. The zero-order chi connectivity index (χ0) is 12.8. The molecule has 1 rings (SSSR count). The number of aliphatic hydroxyl groups excluding tert-OH is 1. The van der Waals surface area contributed by atoms with Crippen LogP contribution in [0.3, 0.4) is 0 Å². The van der Waals surface area contributed by atoms with Crippen molar-refractivity contribution in [2.75, 3.05) is 13.2 Å². The molecule has 0 spiro atoms. The highest BCUT2D eigenvalue weighted by molar-refractivity contribution is 6.31. The second-order valence-corrected chi connectivity index (χ2v) is 3.43. The molecule has 94 valence electrons. The average Bonchev–Trinajstić information content (AvgIpc) is 2.27. The van der Waals surface area contributed by atoms with Crippen LogP contribution >= 0.6 is 11.6 Å². The molecule has 0 atom stereocenters. The number of carbonyl (C=O) groups excluding carboxylic acids is 1. The molecule has 0 unspecified atom stereocenters. The largest absolute Gasteiger partial charge is 0.434 e. The van der Waals surface area contributed by atoms with Crippen LogP contribution in [0.25, 0.3) is 0 Å². The van der Waals surface area contributed by atoms with Crippen LogP contribution in [0, 0.1) is 0 Å². The van der Waals surface area contributed by atoms with Gasteiger partial charge in [0.1, 0.15) is 5.75 Å². The maximum atomic E-state index is 12.1. The summed E-state index contributed by atoms with van der Waals surface area (Å²) in [6, 6.07) is 3.73. The predicted molar refractivity (Wildman–Crippen MR) is 57.5 cm³/mol. The summed E-state index contributed by atoms with van der Waals surface area (Å²) < 4.78 is 28.4. The van der Waals surface area contributed by atoms with Crippen molar-refractivity contribution in [3.63, 3.8) is 0 Å². The van der Waals surface area contributed by atoms with Crippen LogP contribution < -0.4 is 10.1 Å². The summed E-state index contributed by atoms with van der Waals surface area (Å²) in [4.78, 5) is 11.6. The van der Waals surface area contributed by atoms with Crippen molar-refractivity contribution in [2.45, 2.75) is 6.61 Å². The maximum absolute atomic E-state index is 12.1. The number of rotatable bonds is 5. The average molecular weight is 266 g/mol. The van der Waals surface area contributed by atoms with E-state index in [2.05, 4.69) is 10.1 Å². The molecule has 0 bridgehead atoms. The topological polar surface area (TPSA) is 58.6 Å². The van der Waals surface area contributed by atoms with E-state index in [1.54, 1.807) is 0 Å². The smallest absolute Gasteiger partial charge is 0.387 e. The van der Waals surface area contributed by atoms with E-state index in [9.17, 15) is 13.6 Å². The van der Waals surface area contributed by atoms with E-state index in [-0.39, 0.29) is 29.5 Å². The van der Waals surface area contributed by atoms with Crippen molar-refractivity contribution in [1.82, 2.24) is 5.32 Å². The molecular weight excluding hydrogens is 256 g/mol. The van der Waals surface area contributed by atoms with Gasteiger partial charge in [-0.15, -0.1) is 0 Å². The van der Waals surface area contributed by atoms with Gasteiger partial charge in [-0.05, 0) is 18.2 Å². The predicted octanol–water partition coefficient (Wildman–Crippen LogP) is 1.66. The van der Waals surface area contributed by atoms with Gasteiger partial charge in [-0.3, -0.25) is 4.79 Å². The van der Waals surface area contributed by atoms with Gasteiger partial charge in [-0.1, -0.05) is 11.6 Å². The lowest BCUT2D eigenvalue weighted by Crippen LogP contribution is -2.27. The van der Waals surface area contributed by atoms with Gasteiger partial charge in [0.25, 0.3) is 5.91 Å². The molecule has 17 heavy (non-hydrogen) atoms. The van der Waals surface area contributed by atoms with Gasteiger partial charge in [-0.25, -0.2) is 0 Å². The molecule has 1 aromatic rings. The van der Waals surface area contributed by atoms with Crippen LogP contribution in [-0.4, -0.2) is 30.8 Å². The summed E-state index contributed by atoms with van der Waals surface area (Å²) in [5, 5.41) is 11.1. The minimum Gasteiger partial charge on any atom is -0.434 e. The van der Waals surface area contributed by atoms with Crippen LogP contribution in [0.1, 0.15) is 10.4 Å². The van der Waals surface area contributed by atoms with E-state index in [1.165, 1.54) is 18.2 Å². The lowest BCUT2D eigenvalue weighted by atomic mass is 10.2. The molecule has 0 heterocycles. The highest BCUT2D eigenvalue weighted by atomic mass is 35.5. The zero-order valence-corrected chi connectivity index (χ0v) is 9.38. The van der Waals surface area contributed by atoms with Gasteiger partial charge in [0, 0.05) is 11.6 Å². The van der Waals surface area contributed by atoms with Gasteiger partial charge < -0.3 is 15.2 Å². The molecule has 0 aliphatic carbocycles. The molecule has 0 fully saturated rings. The van der Waals surface area contributed by atoms with Crippen molar-refractivity contribution >= 4 is 17.5 Å². The summed E-state index contributed by atoms with van der Waals surface area (Å²) in [7, 11) is 0. The Kier molecular flexibility index (Phi) is 5.11. The minimum absolute atomic E-state index is 0.0134. The Morgan fingerprint density at radius 1 is 1.53 bits per heavy atom. The van der Waals surface area contributed by atoms with Gasteiger partial charge in [0.05, 0.1) is 12.2 Å². The van der Waals surface area contributed by atoms with E-state index in [4.69, 9.17) is 16.7 Å². The zero-order valence-electron chi connectivity index (χ0n) is 8.62. The monoisotopic (exact) mass is 265 g/mol. The van der Waals surface area contributed by atoms with E-state index in [0.717, 1.165) is 0 Å². The van der Waals surface area contributed by atoms with Gasteiger partial charge in [0.15, 0.2) is 0 Å². The first-order valence-corrected chi connectivity index (χ1v) is 5.06. The quantitative estimate of drug-likeness (QED) is 0.851. The van der Waals surface area contributed by atoms with E-state index < -0.39 is 12.5 Å². The molecule has 0 aliphatic heterocycles. The molecule has 0 saturated heterocycles. The van der Waals surface area contributed by atoms with Crippen molar-refractivity contribution in [3.8, 4) is 5.75 Å². The summed E-state index contributed by atoms with van der Waals surface area (Å²) in [6.07, 6.45) is 0. The molecule has 4 nitrogen and oxygen atoms in total. The summed E-state index contributed by atoms with van der Waals surface area (Å²) in [6.45, 7) is -3.27. The number of hydrogen-bond donors (Lipinski definition) is 2. The number of halogens is 3. The number of nitrogens with one attached hydrogen (secondary N) is 1. The minimum atomic E-state index is -3.03. The van der Waals surface area contributed by atoms with Crippen molar-refractivity contribution < 1.29 is 23.4 Å². The van der Waals surface area contributed by atoms with Gasteiger partial charge >= 0.3 is 6.61 Å². The molecular formula is C10H10ClF2NO3. The van der Waals surface area contributed by atoms with Gasteiger partial charge in [-0.2, -0.15) is 8.78 Å². The highest BCUT2D eigenvalue weighted by Gasteiger charge is 2.15. The summed E-state index contributed by atoms with van der Waals surface area (Å²) >= 11 is 5.66. The summed E-state index contributed by atoms with van der Waals surface area (Å²) in [5.74, 6) is -0.906. The number of aliphatic hydroxyl groups is 1. The van der Waals surface area contributed by atoms with Crippen LogP contribution in [0.4, 0.5) is 8.78 Å². The molecule has 0 radical (unpaired) electrons. The maximum Gasteiger partial charge on any atom is 0.387 e. The number of benzene rings is 1. The third kappa shape index (κ3) is 4.16. The number of alkyl halides is 2. The first kappa shape index (κ1) is 13.7. The third-order valence-electron chi connectivity index (χ3n) is 1.80. The number of ether oxygens (including phenoxy) is 1. The van der Waals surface area contributed by atoms with Gasteiger partial charge in [0.2, 0.25) is 0 Å². The molecule has 1 aromatic carbocycles. The van der Waals surface area contributed by atoms with E-state index in [0.29, 0.717) is 0 Å². The Labute approximate surface area is 101 Å². The second-order valence-electron chi connectivity index (χ2n) is 3.00. The van der Waals surface area contributed by atoms with Crippen LogP contribution in [0.15, 0.2) is 18.2 Å². The first-order chi connectivity index (χ1) is 8.04. The number of hydrogen-bond acceptors (Lipinski definition) is 3. The highest BCUT2D eigenvalue weighted by Crippen LogP contribution is 2.24. The Morgan fingerprint density at radius 3 is 2.82 bits per heavy atom. The Balaban J connectivity index is 2.93. The van der Waals surface area contributed by atoms with E-state index in [1.807, 2.05) is 0 Å². The molecule has 7 heteroatoms. The Hall–Kier alpha value is -1.40. The Bertz CT molecular complexity index is 401. The Morgan fingerprint density at radius 2 is 2.24 bits per heavy atom. The fourth-order valence-electron chi connectivity index (χ4n) is 1.14. The van der Waals surface area contributed by atoms with Crippen LogP contribution in [0.2, 0.25) is 5.02 Å². The molecule has 2 N–H and O–H groups in total. The van der Waals surface area contributed by atoms with Crippen LogP contribution in [-0.2, 0) is 0 Å². The lowest BCUT2D eigenvalue weighted by molar-refractivity contribution is -0.0501. The number of carbonyl (C=O) groups is 1. The summed E-state index contributed by atoms with van der Waals surface area (Å²) in [5.41, 5.74) is -0.105. The molecule has 0 saturated carbocycles. The van der Waals surface area contributed by atoms with E-state index >= 15 is 0 Å². The fraction of sp³-hybridized carbons (Fsp3) is 0.300. The van der Waals surface area contributed by atoms with Crippen molar-refractivity contribution in [3.05, 3.63) is 28.8 Å². The van der Waals surface area contributed by atoms with Crippen molar-refractivity contribution in [2.24, 2.45) is 0 Å². The normalized spacial score (nSPS) is 10.4. The van der Waals surface area contributed by atoms with Crippen molar-refractivity contribution in [1.29, 1.82) is 0 Å². The second kappa shape index (κ2) is 6.36.